The van der Waals surface area contributed by atoms with E-state index in [1.54, 1.807) is 18.2 Å². The Morgan fingerprint density at radius 1 is 1.19 bits per heavy atom. The van der Waals surface area contributed by atoms with Gasteiger partial charge in [0.25, 0.3) is 5.91 Å². The minimum absolute atomic E-state index is 0.0991. The van der Waals surface area contributed by atoms with E-state index in [-0.39, 0.29) is 17.0 Å². The fraction of sp³-hybridized carbons (Fsp3) is 0.176. The predicted octanol–water partition coefficient (Wildman–Crippen LogP) is 2.20. The number of anilines is 1. The van der Waals surface area contributed by atoms with Crippen LogP contribution in [-0.4, -0.2) is 36.9 Å². The van der Waals surface area contributed by atoms with E-state index >= 15 is 0 Å². The number of rotatable bonds is 6. The molecule has 0 spiro atoms. The molecular weight excluding hydrogens is 344 g/mol. The Bertz CT molecular complexity index is 866. The second kappa shape index (κ2) is 7.51. The molecule has 9 heteroatoms. The summed E-state index contributed by atoms with van der Waals surface area (Å²) < 4.78 is 16.0. The van der Waals surface area contributed by atoms with Gasteiger partial charge in [-0.25, -0.2) is 0 Å². The molecule has 0 bridgehead atoms. The van der Waals surface area contributed by atoms with Gasteiger partial charge in [-0.15, -0.1) is 0 Å². The van der Waals surface area contributed by atoms with Crippen molar-refractivity contribution in [2.24, 2.45) is 0 Å². The molecule has 1 aliphatic rings. The van der Waals surface area contributed by atoms with E-state index in [4.69, 9.17) is 14.2 Å². The number of carbonyl (C=O) groups excluding carboxylic acids is 2. The fourth-order valence-electron chi connectivity index (χ4n) is 2.33. The van der Waals surface area contributed by atoms with Crippen LogP contribution in [0.2, 0.25) is 0 Å². The number of hydrogen-bond acceptors (Lipinski definition) is 7. The zero-order valence-corrected chi connectivity index (χ0v) is 13.5. The SMILES string of the molecule is O=Cc1ccc(OCC(=O)Nc2ccc3c(c2)OCCO3)c([N+](=O)[O-])c1. The summed E-state index contributed by atoms with van der Waals surface area (Å²) in [5.74, 6) is 0.514. The molecule has 9 nitrogen and oxygen atoms in total. The lowest BCUT2D eigenvalue weighted by molar-refractivity contribution is -0.385. The van der Waals surface area contributed by atoms with E-state index in [0.717, 1.165) is 6.07 Å². The fourth-order valence-corrected chi connectivity index (χ4v) is 2.33. The minimum atomic E-state index is -0.680. The van der Waals surface area contributed by atoms with E-state index in [0.29, 0.717) is 36.7 Å². The maximum atomic E-state index is 12.0. The van der Waals surface area contributed by atoms with Crippen molar-refractivity contribution in [3.8, 4) is 17.2 Å². The summed E-state index contributed by atoms with van der Waals surface area (Å²) >= 11 is 0. The van der Waals surface area contributed by atoms with Crippen molar-refractivity contribution in [1.82, 2.24) is 0 Å². The van der Waals surface area contributed by atoms with Crippen molar-refractivity contribution < 1.29 is 28.7 Å². The van der Waals surface area contributed by atoms with E-state index in [1.807, 2.05) is 0 Å². The predicted molar refractivity (Wildman–Crippen MR) is 90.0 cm³/mol. The highest BCUT2D eigenvalue weighted by Gasteiger charge is 2.18. The smallest absolute Gasteiger partial charge is 0.311 e. The van der Waals surface area contributed by atoms with Gasteiger partial charge in [-0.3, -0.25) is 19.7 Å². The van der Waals surface area contributed by atoms with Gasteiger partial charge in [-0.05, 0) is 24.3 Å². The molecule has 26 heavy (non-hydrogen) atoms. The van der Waals surface area contributed by atoms with Gasteiger partial charge in [-0.1, -0.05) is 0 Å². The van der Waals surface area contributed by atoms with Gasteiger partial charge in [0.05, 0.1) is 4.92 Å². The Labute approximate surface area is 147 Å². The number of benzene rings is 2. The van der Waals surface area contributed by atoms with Gasteiger partial charge in [0.15, 0.2) is 23.9 Å². The topological polar surface area (TPSA) is 117 Å². The van der Waals surface area contributed by atoms with Gasteiger partial charge in [-0.2, -0.15) is 0 Å². The normalized spacial score (nSPS) is 12.2. The van der Waals surface area contributed by atoms with Gasteiger partial charge >= 0.3 is 5.69 Å². The van der Waals surface area contributed by atoms with Crippen LogP contribution in [0.3, 0.4) is 0 Å². The first-order chi connectivity index (χ1) is 12.6. The van der Waals surface area contributed by atoms with Crippen molar-refractivity contribution >= 4 is 23.6 Å². The highest BCUT2D eigenvalue weighted by Crippen LogP contribution is 2.32. The molecule has 0 atom stereocenters. The van der Waals surface area contributed by atoms with Crippen LogP contribution in [-0.2, 0) is 4.79 Å². The zero-order chi connectivity index (χ0) is 18.5. The van der Waals surface area contributed by atoms with Crippen LogP contribution in [0.5, 0.6) is 17.2 Å². The highest BCUT2D eigenvalue weighted by molar-refractivity contribution is 5.92. The van der Waals surface area contributed by atoms with Crippen LogP contribution in [0.4, 0.5) is 11.4 Å². The molecule has 1 N–H and O–H groups in total. The molecule has 0 saturated heterocycles. The number of aldehydes is 1. The summed E-state index contributed by atoms with van der Waals surface area (Å²) in [5, 5.41) is 13.7. The number of ether oxygens (including phenoxy) is 3. The highest BCUT2D eigenvalue weighted by atomic mass is 16.6. The van der Waals surface area contributed by atoms with Crippen LogP contribution in [0.25, 0.3) is 0 Å². The summed E-state index contributed by atoms with van der Waals surface area (Å²) in [4.78, 5) is 33.1. The number of fused-ring (bicyclic) bond motifs is 1. The maximum absolute atomic E-state index is 12.0. The molecule has 1 aliphatic heterocycles. The molecule has 0 unspecified atom stereocenters. The molecule has 0 radical (unpaired) electrons. The Morgan fingerprint density at radius 3 is 2.69 bits per heavy atom. The summed E-state index contributed by atoms with van der Waals surface area (Å²) in [6.07, 6.45) is 0.491. The molecule has 0 fully saturated rings. The summed E-state index contributed by atoms with van der Waals surface area (Å²) in [6, 6.07) is 8.67. The lowest BCUT2D eigenvalue weighted by Crippen LogP contribution is -2.21. The Kier molecular flexibility index (Phi) is 4.97. The zero-order valence-electron chi connectivity index (χ0n) is 13.5. The lowest BCUT2D eigenvalue weighted by atomic mass is 10.2. The molecular formula is C17H14N2O7. The van der Waals surface area contributed by atoms with Crippen molar-refractivity contribution in [1.29, 1.82) is 0 Å². The first-order valence-corrected chi connectivity index (χ1v) is 7.63. The van der Waals surface area contributed by atoms with Crippen molar-refractivity contribution in [2.45, 2.75) is 0 Å². The van der Waals surface area contributed by atoms with E-state index < -0.39 is 17.4 Å². The molecule has 2 aromatic carbocycles. The molecule has 0 aromatic heterocycles. The molecule has 134 valence electrons. The standard InChI is InChI=1S/C17H14N2O7/c20-9-11-1-3-14(13(7-11)19(22)23)26-10-17(21)18-12-2-4-15-16(8-12)25-6-5-24-15/h1-4,7-9H,5-6,10H2,(H,18,21). The Morgan fingerprint density at radius 2 is 1.96 bits per heavy atom. The Balaban J connectivity index is 1.64. The van der Waals surface area contributed by atoms with Gasteiger partial charge < -0.3 is 19.5 Å². The molecule has 0 aliphatic carbocycles. The third-order valence-corrected chi connectivity index (χ3v) is 3.50. The van der Waals surface area contributed by atoms with Gasteiger partial charge in [0, 0.05) is 23.4 Å². The maximum Gasteiger partial charge on any atom is 0.311 e. The molecule has 3 rings (SSSR count). The van der Waals surface area contributed by atoms with Crippen molar-refractivity contribution in [3.05, 3.63) is 52.1 Å². The first-order valence-electron chi connectivity index (χ1n) is 7.63. The largest absolute Gasteiger partial charge is 0.486 e. The van der Waals surface area contributed by atoms with Crippen LogP contribution in [0, 0.1) is 10.1 Å². The van der Waals surface area contributed by atoms with Gasteiger partial charge in [0.1, 0.15) is 19.5 Å². The summed E-state index contributed by atoms with van der Waals surface area (Å²) in [6.45, 7) is 0.456. The van der Waals surface area contributed by atoms with Crippen LogP contribution < -0.4 is 19.5 Å². The number of amides is 1. The summed E-state index contributed by atoms with van der Waals surface area (Å²) in [7, 11) is 0. The first kappa shape index (κ1) is 17.2. The third kappa shape index (κ3) is 3.89. The lowest BCUT2D eigenvalue weighted by Gasteiger charge is -2.19. The second-order valence-corrected chi connectivity index (χ2v) is 5.30. The quantitative estimate of drug-likeness (QED) is 0.478. The average molecular weight is 358 g/mol. The van der Waals surface area contributed by atoms with Gasteiger partial charge in [0.2, 0.25) is 0 Å². The van der Waals surface area contributed by atoms with Crippen molar-refractivity contribution in [3.63, 3.8) is 0 Å². The number of hydrogen-bond donors (Lipinski definition) is 1. The summed E-state index contributed by atoms with van der Waals surface area (Å²) in [5.41, 5.74) is 0.236. The van der Waals surface area contributed by atoms with Crippen LogP contribution >= 0.6 is 0 Å². The van der Waals surface area contributed by atoms with E-state index in [2.05, 4.69) is 5.32 Å². The number of carbonyl (C=O) groups is 2. The van der Waals surface area contributed by atoms with Crippen LogP contribution in [0.15, 0.2) is 36.4 Å². The number of nitrogens with one attached hydrogen (secondary N) is 1. The van der Waals surface area contributed by atoms with E-state index in [9.17, 15) is 19.7 Å². The van der Waals surface area contributed by atoms with Crippen molar-refractivity contribution in [2.75, 3.05) is 25.1 Å². The minimum Gasteiger partial charge on any atom is -0.486 e. The molecule has 2 aromatic rings. The average Bonchev–Trinajstić information content (AvgIpc) is 2.66. The molecule has 0 saturated carbocycles. The van der Waals surface area contributed by atoms with Crippen LogP contribution in [0.1, 0.15) is 10.4 Å². The third-order valence-electron chi connectivity index (χ3n) is 3.50. The van der Waals surface area contributed by atoms with E-state index in [1.165, 1.54) is 12.1 Å². The number of nitro benzene ring substituents is 1. The molecule has 1 amide bonds. The second-order valence-electron chi connectivity index (χ2n) is 5.30. The number of nitro groups is 1. The molecule has 1 heterocycles. The number of nitrogens with zero attached hydrogens (tertiary/aromatic N) is 1. The monoisotopic (exact) mass is 358 g/mol. The Hall–Kier alpha value is -3.62.